The number of nitrogens with zero attached hydrogens (tertiary/aromatic N) is 1. The molecular formula is C4H9N2O. The van der Waals surface area contributed by atoms with Crippen molar-refractivity contribution in [3.8, 4) is 0 Å². The second kappa shape index (κ2) is 2.58. The van der Waals surface area contributed by atoms with Crippen LogP contribution in [0.25, 0.3) is 0 Å². The summed E-state index contributed by atoms with van der Waals surface area (Å²) in [6, 6.07) is 0. The van der Waals surface area contributed by atoms with E-state index in [1.165, 1.54) is 0 Å². The van der Waals surface area contributed by atoms with Crippen LogP contribution in [0.3, 0.4) is 0 Å². The van der Waals surface area contributed by atoms with Crippen LogP contribution in [0, 0.1) is 7.05 Å². The Bertz CT molecular complexity index is 70.1. The third-order valence-corrected chi connectivity index (χ3v) is 0.623. The first-order chi connectivity index (χ1) is 3.18. The number of nitrogens with two attached hydrogens (primary N) is 1. The van der Waals surface area contributed by atoms with Crippen LogP contribution in [0.2, 0.25) is 0 Å². The summed E-state index contributed by atoms with van der Waals surface area (Å²) < 4.78 is 0. The van der Waals surface area contributed by atoms with Crippen LogP contribution < -0.4 is 5.84 Å². The first kappa shape index (κ1) is 6.43. The van der Waals surface area contributed by atoms with Gasteiger partial charge in [-0.25, -0.2) is 5.84 Å². The number of hydrogen-bond donors (Lipinski definition) is 1. The first-order valence-electron chi connectivity index (χ1n) is 2.06. The maximum atomic E-state index is 10.2. The van der Waals surface area contributed by atoms with Crippen LogP contribution in [0.1, 0.15) is 13.3 Å². The van der Waals surface area contributed by atoms with E-state index in [9.17, 15) is 4.79 Å². The van der Waals surface area contributed by atoms with Crippen molar-refractivity contribution >= 4 is 5.91 Å². The number of hydrogen-bond acceptors (Lipinski definition) is 2. The molecule has 0 saturated heterocycles. The Hall–Kier alpha value is -0.570. The summed E-state index contributed by atoms with van der Waals surface area (Å²) in [6.45, 7) is 1.73. The number of hydrazine groups is 1. The number of carbonyl (C=O) groups excluding carboxylic acids is 1. The minimum absolute atomic E-state index is 0.153. The minimum Gasteiger partial charge on any atom is -0.279 e. The summed E-state index contributed by atoms with van der Waals surface area (Å²) in [5, 5.41) is 0.833. The molecule has 0 aromatic rings. The van der Waals surface area contributed by atoms with E-state index in [1.807, 2.05) is 0 Å². The van der Waals surface area contributed by atoms with Crippen LogP contribution in [0.15, 0.2) is 0 Å². The summed E-state index contributed by atoms with van der Waals surface area (Å²) in [4.78, 5) is 10.2. The predicted molar refractivity (Wildman–Crippen MR) is 26.7 cm³/mol. The molecular weight excluding hydrogens is 92.1 g/mol. The summed E-state index contributed by atoms with van der Waals surface area (Å²) in [5.41, 5.74) is 0. The molecule has 3 heteroatoms. The van der Waals surface area contributed by atoms with Gasteiger partial charge in [0.1, 0.15) is 0 Å². The Labute approximate surface area is 43.1 Å². The molecule has 41 valence electrons. The quantitative estimate of drug-likeness (QED) is 0.284. The van der Waals surface area contributed by atoms with E-state index < -0.39 is 0 Å². The molecule has 0 aliphatic heterocycles. The normalized spacial score (nSPS) is 8.43. The van der Waals surface area contributed by atoms with E-state index in [2.05, 4.69) is 7.05 Å². The average Bonchev–Trinajstić information content (AvgIpc) is 1.65. The van der Waals surface area contributed by atoms with E-state index >= 15 is 0 Å². The molecule has 0 rings (SSSR count). The molecule has 3 nitrogen and oxygen atoms in total. The van der Waals surface area contributed by atoms with Crippen LogP contribution in [-0.4, -0.2) is 10.9 Å². The monoisotopic (exact) mass is 101 g/mol. The fraction of sp³-hybridized carbons (Fsp3) is 0.500. The Morgan fingerprint density at radius 2 is 2.43 bits per heavy atom. The van der Waals surface area contributed by atoms with Crippen LogP contribution in [0.5, 0.6) is 0 Å². The Kier molecular flexibility index (Phi) is 2.37. The minimum atomic E-state index is -0.153. The van der Waals surface area contributed by atoms with Gasteiger partial charge in [-0.2, -0.15) is 0 Å². The van der Waals surface area contributed by atoms with E-state index in [0.29, 0.717) is 6.42 Å². The highest BCUT2D eigenvalue weighted by Crippen LogP contribution is 1.80. The molecule has 1 radical (unpaired) electrons. The molecule has 0 unspecified atom stereocenters. The fourth-order valence-corrected chi connectivity index (χ4v) is 0.203. The van der Waals surface area contributed by atoms with Gasteiger partial charge in [-0.15, -0.1) is 0 Å². The van der Waals surface area contributed by atoms with E-state index in [1.54, 1.807) is 6.92 Å². The largest absolute Gasteiger partial charge is 0.279 e. The van der Waals surface area contributed by atoms with Gasteiger partial charge in [0.05, 0.1) is 7.05 Å². The first-order valence-corrected chi connectivity index (χ1v) is 2.06. The highest BCUT2D eigenvalue weighted by Gasteiger charge is 1.96. The molecule has 0 spiro atoms. The number of amides is 1. The van der Waals surface area contributed by atoms with Gasteiger partial charge in [-0.1, -0.05) is 6.92 Å². The zero-order chi connectivity index (χ0) is 5.86. The highest BCUT2D eigenvalue weighted by atomic mass is 16.2. The molecule has 0 aliphatic rings. The van der Waals surface area contributed by atoms with Gasteiger partial charge in [0.15, 0.2) is 0 Å². The molecule has 0 bridgehead atoms. The van der Waals surface area contributed by atoms with Crippen molar-refractivity contribution in [1.82, 2.24) is 5.01 Å². The van der Waals surface area contributed by atoms with Crippen molar-refractivity contribution in [3.05, 3.63) is 7.05 Å². The molecule has 0 aromatic carbocycles. The van der Waals surface area contributed by atoms with Gasteiger partial charge in [-0.3, -0.25) is 9.80 Å². The Morgan fingerprint density at radius 3 is 2.43 bits per heavy atom. The lowest BCUT2D eigenvalue weighted by atomic mass is 10.5. The zero-order valence-electron chi connectivity index (χ0n) is 4.35. The van der Waals surface area contributed by atoms with Crippen molar-refractivity contribution in [3.63, 3.8) is 0 Å². The van der Waals surface area contributed by atoms with Gasteiger partial charge < -0.3 is 0 Å². The molecule has 0 aromatic heterocycles. The van der Waals surface area contributed by atoms with Crippen LogP contribution in [-0.2, 0) is 4.79 Å². The van der Waals surface area contributed by atoms with Crippen molar-refractivity contribution in [2.24, 2.45) is 5.84 Å². The predicted octanol–water partition coefficient (Wildman–Crippen LogP) is -0.110. The molecule has 1 amide bonds. The number of rotatable bonds is 1. The van der Waals surface area contributed by atoms with Crippen molar-refractivity contribution in [2.45, 2.75) is 13.3 Å². The zero-order valence-corrected chi connectivity index (χ0v) is 4.35. The van der Waals surface area contributed by atoms with Gasteiger partial charge >= 0.3 is 0 Å². The molecule has 0 aliphatic carbocycles. The van der Waals surface area contributed by atoms with E-state index in [4.69, 9.17) is 5.84 Å². The smallest absolute Gasteiger partial charge is 0.236 e. The molecule has 0 heterocycles. The third-order valence-electron chi connectivity index (χ3n) is 0.623. The van der Waals surface area contributed by atoms with Crippen LogP contribution in [0.4, 0.5) is 0 Å². The average molecular weight is 101 g/mol. The van der Waals surface area contributed by atoms with E-state index in [0.717, 1.165) is 5.01 Å². The fourth-order valence-electron chi connectivity index (χ4n) is 0.203. The topological polar surface area (TPSA) is 46.3 Å². The number of carbonyl (C=O) groups is 1. The van der Waals surface area contributed by atoms with E-state index in [-0.39, 0.29) is 5.91 Å². The molecule has 0 saturated carbocycles. The second-order valence-electron chi connectivity index (χ2n) is 1.22. The summed E-state index contributed by atoms with van der Waals surface area (Å²) >= 11 is 0. The highest BCUT2D eigenvalue weighted by molar-refractivity contribution is 5.75. The van der Waals surface area contributed by atoms with Crippen LogP contribution >= 0.6 is 0 Å². The lowest BCUT2D eigenvalue weighted by Crippen LogP contribution is -2.30. The lowest BCUT2D eigenvalue weighted by Gasteiger charge is -2.04. The molecule has 2 N–H and O–H groups in total. The third kappa shape index (κ3) is 2.17. The SMILES string of the molecule is [CH2]N(N)C(=O)CC. The standard InChI is InChI=1S/C4H9N2O/c1-3-4(7)6(2)5/h2-3,5H2,1H3. The summed E-state index contributed by atoms with van der Waals surface area (Å²) in [5.74, 6) is 4.77. The summed E-state index contributed by atoms with van der Waals surface area (Å²) in [6.07, 6.45) is 0.417. The van der Waals surface area contributed by atoms with Gasteiger partial charge in [0, 0.05) is 6.42 Å². The maximum Gasteiger partial charge on any atom is 0.236 e. The molecule has 0 fully saturated rings. The lowest BCUT2D eigenvalue weighted by molar-refractivity contribution is -0.128. The van der Waals surface area contributed by atoms with Crippen molar-refractivity contribution in [1.29, 1.82) is 0 Å². The van der Waals surface area contributed by atoms with Gasteiger partial charge in [-0.05, 0) is 0 Å². The summed E-state index contributed by atoms with van der Waals surface area (Å²) in [7, 11) is 3.17. The maximum absolute atomic E-state index is 10.2. The van der Waals surface area contributed by atoms with Gasteiger partial charge in [0.2, 0.25) is 5.91 Å². The Morgan fingerprint density at radius 1 is 2.00 bits per heavy atom. The molecule has 7 heavy (non-hydrogen) atoms. The van der Waals surface area contributed by atoms with Crippen molar-refractivity contribution in [2.75, 3.05) is 0 Å². The van der Waals surface area contributed by atoms with Crippen molar-refractivity contribution < 1.29 is 4.79 Å². The molecule has 0 atom stereocenters. The van der Waals surface area contributed by atoms with Gasteiger partial charge in [0.25, 0.3) is 0 Å². The Balaban J connectivity index is 3.35. The second-order valence-corrected chi connectivity index (χ2v) is 1.22.